The van der Waals surface area contributed by atoms with Crippen molar-refractivity contribution < 1.29 is 13.2 Å². The molecule has 0 atom stereocenters. The third-order valence-corrected chi connectivity index (χ3v) is 3.03. The van der Waals surface area contributed by atoms with Gasteiger partial charge in [-0.15, -0.1) is 3.25 Å². The Hall–Kier alpha value is -0.140. The van der Waals surface area contributed by atoms with E-state index >= 15 is 0 Å². The first-order valence-electron chi connectivity index (χ1n) is 2.84. The molecule has 0 N–H and O–H groups in total. The Labute approximate surface area is 72.2 Å². The monoisotopic (exact) mass is 278 g/mol. The zero-order valence-electron chi connectivity index (χ0n) is 5.69. The van der Waals surface area contributed by atoms with Crippen LogP contribution in [0.3, 0.4) is 0 Å². The average molecular weight is 278 g/mol. The molecule has 0 saturated heterocycles. The van der Waals surface area contributed by atoms with Gasteiger partial charge in [0.2, 0.25) is 0 Å². The second-order valence-electron chi connectivity index (χ2n) is 2.10. The fourth-order valence-corrected chi connectivity index (χ4v) is 2.23. The molecule has 0 unspecified atom stereocenters. The Morgan fingerprint density at radius 3 is 2.64 bits per heavy atom. The van der Waals surface area contributed by atoms with Gasteiger partial charge >= 0.3 is 6.18 Å². The molecule has 0 aliphatic carbocycles. The van der Waals surface area contributed by atoms with Crippen molar-refractivity contribution in [2.45, 2.75) is 13.1 Å². The van der Waals surface area contributed by atoms with E-state index in [0.29, 0.717) is 5.70 Å². The predicted molar refractivity (Wildman–Crippen MR) is 43.0 cm³/mol. The van der Waals surface area contributed by atoms with Gasteiger partial charge in [-0.3, -0.25) is 5.01 Å². The van der Waals surface area contributed by atoms with Crippen LogP contribution in [0.4, 0.5) is 13.2 Å². The van der Waals surface area contributed by atoms with E-state index in [0.717, 1.165) is 5.01 Å². The van der Waals surface area contributed by atoms with Crippen molar-refractivity contribution >= 4 is 21.0 Å². The number of alkyl halides is 3. The van der Waals surface area contributed by atoms with Gasteiger partial charge in [0.15, 0.2) is 0 Å². The highest BCUT2D eigenvalue weighted by Gasteiger charge is 2.31. The molecule has 0 aromatic rings. The average Bonchev–Trinajstić information content (AvgIpc) is 2.12. The van der Waals surface area contributed by atoms with E-state index in [-0.39, 0.29) is 0 Å². The van der Waals surface area contributed by atoms with Crippen molar-refractivity contribution in [3.8, 4) is 0 Å². The van der Waals surface area contributed by atoms with E-state index in [4.69, 9.17) is 0 Å². The van der Waals surface area contributed by atoms with Crippen LogP contribution < -0.4 is 0 Å². The third-order valence-electron chi connectivity index (χ3n) is 1.08. The Morgan fingerprint density at radius 1 is 1.64 bits per heavy atom. The van der Waals surface area contributed by atoms with Crippen LogP contribution in [-0.4, -0.2) is 17.7 Å². The fraction of sp³-hybridized carbons (Fsp3) is 0.600. The highest BCUT2D eigenvalue weighted by atomic mass is 127. The lowest BCUT2D eigenvalue weighted by Gasteiger charge is -2.16. The maximum Gasteiger partial charge on any atom is 0.408 e. The number of nitrogens with zero attached hydrogens (tertiary/aromatic N) is 2. The van der Waals surface area contributed by atoms with Crippen LogP contribution in [0, 0.1) is 0 Å². The van der Waals surface area contributed by atoms with Crippen LogP contribution in [0.2, 0.25) is 0 Å². The SMILES string of the molecule is CC1=CI=NN1CC(F)(F)F. The summed E-state index contributed by atoms with van der Waals surface area (Å²) in [7, 11) is 0. The fourth-order valence-electron chi connectivity index (χ4n) is 0.582. The topological polar surface area (TPSA) is 15.6 Å². The smallest absolute Gasteiger partial charge is 0.255 e. The Bertz CT molecular complexity index is 208. The van der Waals surface area contributed by atoms with Gasteiger partial charge in [-0.25, -0.2) is 0 Å². The number of hydrogen-bond acceptors (Lipinski definition) is 2. The maximum absolute atomic E-state index is 11.8. The van der Waals surface area contributed by atoms with Crippen LogP contribution in [0.25, 0.3) is 0 Å². The molecule has 0 bridgehead atoms. The summed E-state index contributed by atoms with van der Waals surface area (Å²) in [5.41, 5.74) is 0.620. The number of allylic oxidation sites excluding steroid dienone is 1. The molecule has 1 aliphatic rings. The molecule has 0 fully saturated rings. The standard InChI is InChI=1S/C5H6F3IN2/c1-4-2-9-10-11(4)3-5(6,7)8/h2H,3H2,1H3. The number of rotatable bonds is 1. The molecule has 6 heteroatoms. The summed E-state index contributed by atoms with van der Waals surface area (Å²) in [4.78, 5) is 0. The van der Waals surface area contributed by atoms with Crippen molar-refractivity contribution in [1.82, 2.24) is 5.01 Å². The van der Waals surface area contributed by atoms with E-state index in [1.807, 2.05) is 0 Å². The van der Waals surface area contributed by atoms with Crippen LogP contribution in [-0.2, 0) is 0 Å². The van der Waals surface area contributed by atoms with Gasteiger partial charge in [-0.05, 0) is 6.92 Å². The van der Waals surface area contributed by atoms with E-state index in [9.17, 15) is 13.2 Å². The van der Waals surface area contributed by atoms with Crippen molar-refractivity contribution in [2.24, 2.45) is 3.25 Å². The largest absolute Gasteiger partial charge is 0.408 e. The molecule has 0 saturated carbocycles. The lowest BCUT2D eigenvalue weighted by atomic mass is 10.5. The van der Waals surface area contributed by atoms with Gasteiger partial charge in [0, 0.05) is 30.8 Å². The molecule has 64 valence electrons. The molecule has 11 heavy (non-hydrogen) atoms. The van der Waals surface area contributed by atoms with Gasteiger partial charge in [-0.1, -0.05) is 0 Å². The van der Waals surface area contributed by atoms with E-state index in [1.54, 1.807) is 11.0 Å². The van der Waals surface area contributed by atoms with Crippen LogP contribution in [0.1, 0.15) is 6.92 Å². The molecule has 0 aromatic heterocycles. The molecule has 1 aliphatic heterocycles. The van der Waals surface area contributed by atoms with Crippen molar-refractivity contribution in [3.05, 3.63) is 9.78 Å². The van der Waals surface area contributed by atoms with Gasteiger partial charge in [0.1, 0.15) is 6.54 Å². The minimum atomic E-state index is -4.15. The highest BCUT2D eigenvalue weighted by Crippen LogP contribution is 2.27. The summed E-state index contributed by atoms with van der Waals surface area (Å²) >= 11 is -0.504. The molecule has 0 radical (unpaired) electrons. The summed E-state index contributed by atoms with van der Waals surface area (Å²) in [5, 5.41) is 1.02. The first kappa shape index (κ1) is 8.95. The van der Waals surface area contributed by atoms with Crippen molar-refractivity contribution in [2.75, 3.05) is 6.54 Å². The van der Waals surface area contributed by atoms with Gasteiger partial charge in [-0.2, -0.15) is 13.2 Å². The van der Waals surface area contributed by atoms with Gasteiger partial charge in [0.05, 0.1) is 0 Å². The summed E-state index contributed by atoms with van der Waals surface area (Å²) in [6, 6.07) is 0. The lowest BCUT2D eigenvalue weighted by molar-refractivity contribution is -0.141. The summed E-state index contributed by atoms with van der Waals surface area (Å²) in [5.74, 6) is 0. The summed E-state index contributed by atoms with van der Waals surface area (Å²) in [6.45, 7) is 0.691. The number of hydrogen-bond donors (Lipinski definition) is 0. The van der Waals surface area contributed by atoms with Crippen molar-refractivity contribution in [3.63, 3.8) is 0 Å². The second-order valence-corrected chi connectivity index (χ2v) is 3.71. The summed E-state index contributed by atoms with van der Waals surface area (Å²) in [6.07, 6.45) is -4.15. The zero-order chi connectivity index (χ0) is 8.48. The van der Waals surface area contributed by atoms with Crippen LogP contribution >= 0.6 is 21.0 Å². The molecule has 0 amide bonds. The zero-order valence-corrected chi connectivity index (χ0v) is 7.85. The maximum atomic E-state index is 11.8. The minimum absolute atomic E-state index is 0.504. The molecular weight excluding hydrogens is 272 g/mol. The predicted octanol–water partition coefficient (Wildman–Crippen LogP) is 2.79. The molecule has 2 nitrogen and oxygen atoms in total. The van der Waals surface area contributed by atoms with E-state index in [2.05, 4.69) is 3.25 Å². The molecular formula is C5H6F3IN2. The third kappa shape index (κ3) is 2.76. The normalized spacial score (nSPS) is 18.2. The Balaban J connectivity index is 2.52. The molecule has 0 spiro atoms. The number of halogens is 4. The van der Waals surface area contributed by atoms with E-state index in [1.165, 1.54) is 0 Å². The first-order chi connectivity index (χ1) is 4.99. The minimum Gasteiger partial charge on any atom is -0.255 e. The molecule has 1 rings (SSSR count). The van der Waals surface area contributed by atoms with Crippen molar-refractivity contribution in [1.29, 1.82) is 0 Å². The summed E-state index contributed by atoms with van der Waals surface area (Å²) < 4.78 is 40.8. The van der Waals surface area contributed by atoms with Crippen LogP contribution in [0.15, 0.2) is 13.0 Å². The Morgan fingerprint density at radius 2 is 2.27 bits per heavy atom. The highest BCUT2D eigenvalue weighted by molar-refractivity contribution is 14.2. The Kier molecular flexibility index (Phi) is 2.50. The van der Waals surface area contributed by atoms with Gasteiger partial charge < -0.3 is 0 Å². The lowest BCUT2D eigenvalue weighted by Crippen LogP contribution is -2.27. The quantitative estimate of drug-likeness (QED) is 0.673. The molecule has 0 aromatic carbocycles. The van der Waals surface area contributed by atoms with Crippen LogP contribution in [0.5, 0.6) is 0 Å². The van der Waals surface area contributed by atoms with E-state index < -0.39 is 33.8 Å². The first-order valence-corrected chi connectivity index (χ1v) is 5.05. The van der Waals surface area contributed by atoms with Gasteiger partial charge in [0.25, 0.3) is 0 Å². The second kappa shape index (κ2) is 3.08. The molecule has 1 heterocycles.